The summed E-state index contributed by atoms with van der Waals surface area (Å²) in [4.78, 5) is 16.3. The highest BCUT2D eigenvalue weighted by Gasteiger charge is 2.07. The van der Waals surface area contributed by atoms with Gasteiger partial charge in [-0.2, -0.15) is 0 Å². The number of hydrogen-bond donors (Lipinski definition) is 2. The van der Waals surface area contributed by atoms with Gasteiger partial charge in [0.15, 0.2) is 0 Å². The first-order valence-corrected chi connectivity index (χ1v) is 8.71. The smallest absolute Gasteiger partial charge is 0.315 e. The quantitative estimate of drug-likeness (QED) is 0.682. The van der Waals surface area contributed by atoms with Crippen molar-refractivity contribution >= 4 is 27.6 Å². The number of hydrogen-bond acceptors (Lipinski definition) is 2. The maximum atomic E-state index is 13.6. The van der Waals surface area contributed by atoms with Crippen LogP contribution < -0.4 is 10.6 Å². The molecular formula is C18H18BrFN4O. The molecule has 2 amide bonds. The summed E-state index contributed by atoms with van der Waals surface area (Å²) in [7, 11) is 0. The van der Waals surface area contributed by atoms with Crippen LogP contribution in [0.4, 0.5) is 9.18 Å². The summed E-state index contributed by atoms with van der Waals surface area (Å²) in [6, 6.07) is 10.3. The van der Waals surface area contributed by atoms with E-state index in [9.17, 15) is 9.18 Å². The van der Waals surface area contributed by atoms with Gasteiger partial charge in [0.2, 0.25) is 0 Å². The van der Waals surface area contributed by atoms with Gasteiger partial charge >= 0.3 is 6.03 Å². The Balaban J connectivity index is 1.49. The molecule has 0 spiro atoms. The number of urea groups is 1. The molecular weight excluding hydrogens is 387 g/mol. The number of amides is 2. The summed E-state index contributed by atoms with van der Waals surface area (Å²) in [6.45, 7) is 2.68. The van der Waals surface area contributed by atoms with Gasteiger partial charge in [-0.3, -0.25) is 0 Å². The molecule has 0 fully saturated rings. The predicted octanol–water partition coefficient (Wildman–Crippen LogP) is 3.59. The summed E-state index contributed by atoms with van der Waals surface area (Å²) in [5.41, 5.74) is 3.27. The highest BCUT2D eigenvalue weighted by atomic mass is 79.9. The second-order valence-electron chi connectivity index (χ2n) is 5.72. The Morgan fingerprint density at radius 1 is 1.28 bits per heavy atom. The maximum Gasteiger partial charge on any atom is 0.315 e. The predicted molar refractivity (Wildman–Crippen MR) is 98.0 cm³/mol. The van der Waals surface area contributed by atoms with E-state index >= 15 is 0 Å². The number of imidazole rings is 1. The normalized spacial score (nSPS) is 10.8. The van der Waals surface area contributed by atoms with Crippen LogP contribution in [0.5, 0.6) is 0 Å². The number of rotatable bonds is 5. The average molecular weight is 405 g/mol. The van der Waals surface area contributed by atoms with Crippen molar-refractivity contribution in [2.75, 3.05) is 6.54 Å². The third-order valence-corrected chi connectivity index (χ3v) is 4.36. The topological polar surface area (TPSA) is 58.4 Å². The molecule has 3 aromatic rings. The summed E-state index contributed by atoms with van der Waals surface area (Å²) >= 11 is 3.31. The van der Waals surface area contributed by atoms with Gasteiger partial charge in [0.05, 0.1) is 12.2 Å². The number of aromatic nitrogens is 2. The fourth-order valence-corrected chi connectivity index (χ4v) is 2.97. The molecule has 0 bridgehead atoms. The molecule has 0 unspecified atom stereocenters. The average Bonchev–Trinajstić information content (AvgIpc) is 3.01. The lowest BCUT2D eigenvalue weighted by atomic mass is 10.1. The lowest BCUT2D eigenvalue weighted by molar-refractivity contribution is 0.240. The van der Waals surface area contributed by atoms with E-state index in [2.05, 4.69) is 31.5 Å². The zero-order valence-electron chi connectivity index (χ0n) is 13.7. The van der Waals surface area contributed by atoms with Crippen LogP contribution in [0.15, 0.2) is 47.1 Å². The second-order valence-corrected chi connectivity index (χ2v) is 6.64. The molecule has 0 aliphatic carbocycles. The van der Waals surface area contributed by atoms with Gasteiger partial charge in [-0.1, -0.05) is 22.0 Å². The molecule has 0 aliphatic heterocycles. The van der Waals surface area contributed by atoms with E-state index < -0.39 is 0 Å². The molecule has 2 heterocycles. The first-order valence-electron chi connectivity index (χ1n) is 7.92. The molecule has 2 N–H and O–H groups in total. The molecule has 0 saturated heterocycles. The number of carbonyl (C=O) groups excluding carboxylic acids is 1. The van der Waals surface area contributed by atoms with Crippen molar-refractivity contribution in [3.63, 3.8) is 0 Å². The number of pyridine rings is 1. The number of nitrogens with one attached hydrogen (secondary N) is 2. The van der Waals surface area contributed by atoms with Crippen LogP contribution in [-0.4, -0.2) is 22.0 Å². The highest BCUT2D eigenvalue weighted by Crippen LogP contribution is 2.15. The van der Waals surface area contributed by atoms with Gasteiger partial charge in [-0.05, 0) is 49.2 Å². The molecule has 25 heavy (non-hydrogen) atoms. The van der Waals surface area contributed by atoms with E-state index in [0.29, 0.717) is 25.1 Å². The van der Waals surface area contributed by atoms with Crippen molar-refractivity contribution in [2.45, 2.75) is 19.9 Å². The maximum absolute atomic E-state index is 13.6. The van der Waals surface area contributed by atoms with Gasteiger partial charge in [-0.15, -0.1) is 0 Å². The second kappa shape index (κ2) is 7.65. The van der Waals surface area contributed by atoms with Crippen molar-refractivity contribution in [3.8, 4) is 0 Å². The Labute approximate surface area is 153 Å². The standard InChI is InChI=1S/C18H18BrFN4O/c1-12-3-2-4-17-23-15(11-24(12)17)10-22-18(25)21-8-7-13-9-14(19)5-6-16(13)20/h2-6,9,11H,7-8,10H2,1H3,(H2,21,22,25). The van der Waals surface area contributed by atoms with Crippen LogP contribution in [0, 0.1) is 12.7 Å². The van der Waals surface area contributed by atoms with E-state index in [4.69, 9.17) is 0 Å². The minimum Gasteiger partial charge on any atom is -0.338 e. The number of aryl methyl sites for hydroxylation is 1. The van der Waals surface area contributed by atoms with Crippen molar-refractivity contribution in [3.05, 3.63) is 69.8 Å². The molecule has 0 radical (unpaired) electrons. The molecule has 3 rings (SSSR count). The van der Waals surface area contributed by atoms with Crippen LogP contribution >= 0.6 is 15.9 Å². The fraction of sp³-hybridized carbons (Fsp3) is 0.222. The number of benzene rings is 1. The number of fused-ring (bicyclic) bond motifs is 1. The van der Waals surface area contributed by atoms with Crippen molar-refractivity contribution in [1.82, 2.24) is 20.0 Å². The van der Waals surface area contributed by atoms with Crippen LogP contribution in [0.2, 0.25) is 0 Å². The first-order chi connectivity index (χ1) is 12.0. The van der Waals surface area contributed by atoms with E-state index in [0.717, 1.165) is 21.5 Å². The summed E-state index contributed by atoms with van der Waals surface area (Å²) in [5.74, 6) is -0.273. The van der Waals surface area contributed by atoms with E-state index in [1.807, 2.05) is 35.7 Å². The van der Waals surface area contributed by atoms with Gasteiger partial charge in [0.25, 0.3) is 0 Å². The minimum atomic E-state index is -0.302. The Bertz CT molecular complexity index is 909. The Hall–Kier alpha value is -2.41. The van der Waals surface area contributed by atoms with Gasteiger partial charge < -0.3 is 15.0 Å². The molecule has 0 saturated carbocycles. The molecule has 0 aliphatic rings. The van der Waals surface area contributed by atoms with Crippen molar-refractivity contribution in [1.29, 1.82) is 0 Å². The van der Waals surface area contributed by atoms with Crippen LogP contribution in [0.3, 0.4) is 0 Å². The molecule has 130 valence electrons. The van der Waals surface area contributed by atoms with Crippen molar-refractivity contribution < 1.29 is 9.18 Å². The van der Waals surface area contributed by atoms with Crippen molar-refractivity contribution in [2.24, 2.45) is 0 Å². The zero-order chi connectivity index (χ0) is 17.8. The Kier molecular flexibility index (Phi) is 5.33. The summed E-state index contributed by atoms with van der Waals surface area (Å²) < 4.78 is 16.4. The lowest BCUT2D eigenvalue weighted by Gasteiger charge is -2.07. The SMILES string of the molecule is Cc1cccc2nc(CNC(=O)NCCc3cc(Br)ccc3F)cn12. The number of halogens is 2. The molecule has 7 heteroatoms. The largest absolute Gasteiger partial charge is 0.338 e. The Morgan fingerprint density at radius 2 is 2.12 bits per heavy atom. The van der Waals surface area contributed by atoms with Gasteiger partial charge in [0.1, 0.15) is 11.5 Å². The Morgan fingerprint density at radius 3 is 2.92 bits per heavy atom. The molecule has 0 atom stereocenters. The molecule has 5 nitrogen and oxygen atoms in total. The molecule has 2 aromatic heterocycles. The summed E-state index contributed by atoms with van der Waals surface area (Å²) in [5, 5.41) is 5.49. The first kappa shape index (κ1) is 17.4. The van der Waals surface area contributed by atoms with E-state index in [1.54, 1.807) is 12.1 Å². The van der Waals surface area contributed by atoms with Crippen LogP contribution in [0.1, 0.15) is 17.0 Å². The third-order valence-electron chi connectivity index (χ3n) is 3.86. The van der Waals surface area contributed by atoms with E-state index in [-0.39, 0.29) is 11.8 Å². The van der Waals surface area contributed by atoms with E-state index in [1.165, 1.54) is 6.07 Å². The van der Waals surface area contributed by atoms with Crippen LogP contribution in [-0.2, 0) is 13.0 Å². The third kappa shape index (κ3) is 4.36. The highest BCUT2D eigenvalue weighted by molar-refractivity contribution is 9.10. The fourth-order valence-electron chi connectivity index (χ4n) is 2.56. The number of nitrogens with zero attached hydrogens (tertiary/aromatic N) is 2. The zero-order valence-corrected chi connectivity index (χ0v) is 15.3. The lowest BCUT2D eigenvalue weighted by Crippen LogP contribution is -2.36. The summed E-state index contributed by atoms with van der Waals surface area (Å²) in [6.07, 6.45) is 2.33. The molecule has 1 aromatic carbocycles. The number of carbonyl (C=O) groups is 1. The van der Waals surface area contributed by atoms with Gasteiger partial charge in [0, 0.05) is 22.9 Å². The van der Waals surface area contributed by atoms with Gasteiger partial charge in [-0.25, -0.2) is 14.2 Å². The minimum absolute atomic E-state index is 0.273. The van der Waals surface area contributed by atoms with Crippen LogP contribution in [0.25, 0.3) is 5.65 Å². The monoisotopic (exact) mass is 404 g/mol.